The number of carbonyl (C=O) groups is 1. The molecule has 136 valence electrons. The highest BCUT2D eigenvalue weighted by molar-refractivity contribution is 6.29. The lowest BCUT2D eigenvalue weighted by molar-refractivity contribution is 0.0689. The number of amides is 1. The lowest BCUT2D eigenvalue weighted by atomic mass is 9.89. The fourth-order valence-corrected chi connectivity index (χ4v) is 4.37. The number of hydrogen-bond donors (Lipinski definition) is 0. The summed E-state index contributed by atoms with van der Waals surface area (Å²) in [4.78, 5) is 21.4. The molecule has 0 unspecified atom stereocenters. The van der Waals surface area contributed by atoms with Crippen LogP contribution in [0, 0.1) is 0 Å². The molecule has 0 saturated carbocycles. The normalized spacial score (nSPS) is 21.5. The molecule has 3 heterocycles. The molecule has 26 heavy (non-hydrogen) atoms. The maximum atomic E-state index is 12.9. The van der Waals surface area contributed by atoms with Gasteiger partial charge in [0.2, 0.25) is 0 Å². The molecule has 0 spiro atoms. The first-order valence-corrected chi connectivity index (χ1v) is 9.33. The van der Waals surface area contributed by atoms with Crippen LogP contribution in [0.3, 0.4) is 0 Å². The number of likely N-dealkylation sites (tertiary alicyclic amines) is 1. The van der Waals surface area contributed by atoms with Crippen LogP contribution in [0.1, 0.15) is 28.4 Å². The van der Waals surface area contributed by atoms with Crippen molar-refractivity contribution in [3.8, 4) is 0 Å². The van der Waals surface area contributed by atoms with Gasteiger partial charge in [-0.15, -0.1) is 0 Å². The minimum absolute atomic E-state index is 0.0428. The third-order valence-corrected chi connectivity index (χ3v) is 5.59. The highest BCUT2D eigenvalue weighted by atomic mass is 35.5. The molecule has 6 heteroatoms. The van der Waals surface area contributed by atoms with Gasteiger partial charge in [0.25, 0.3) is 5.91 Å². The largest absolute Gasteiger partial charge is 0.383 e. The van der Waals surface area contributed by atoms with E-state index in [0.717, 1.165) is 19.5 Å². The zero-order chi connectivity index (χ0) is 18.1. The van der Waals surface area contributed by atoms with Crippen LogP contribution in [0.15, 0.2) is 42.5 Å². The van der Waals surface area contributed by atoms with Gasteiger partial charge in [0.15, 0.2) is 0 Å². The molecule has 2 aliphatic heterocycles. The summed E-state index contributed by atoms with van der Waals surface area (Å²) in [5.41, 5.74) is 3.01. The van der Waals surface area contributed by atoms with Gasteiger partial charge in [-0.3, -0.25) is 4.79 Å². The number of pyridine rings is 1. The highest BCUT2D eigenvalue weighted by Gasteiger charge is 2.42. The molecule has 1 saturated heterocycles. The molecule has 1 amide bonds. The number of fused-ring (bicyclic) bond motifs is 3. The van der Waals surface area contributed by atoms with E-state index in [1.165, 1.54) is 11.3 Å². The van der Waals surface area contributed by atoms with E-state index in [0.29, 0.717) is 36.0 Å². The highest BCUT2D eigenvalue weighted by Crippen LogP contribution is 2.44. The first-order valence-electron chi connectivity index (χ1n) is 8.95. The number of ether oxygens (including phenoxy) is 1. The number of carbonyl (C=O) groups excluding carboxylic acids is 1. The summed E-state index contributed by atoms with van der Waals surface area (Å²) in [6, 6.07) is 14.1. The third-order valence-electron chi connectivity index (χ3n) is 5.38. The van der Waals surface area contributed by atoms with Gasteiger partial charge in [-0.2, -0.15) is 0 Å². The van der Waals surface area contributed by atoms with Crippen LogP contribution in [-0.4, -0.2) is 55.2 Å². The van der Waals surface area contributed by atoms with Crippen LogP contribution >= 0.6 is 11.6 Å². The van der Waals surface area contributed by atoms with Crippen molar-refractivity contribution < 1.29 is 9.53 Å². The summed E-state index contributed by atoms with van der Waals surface area (Å²) < 4.78 is 5.30. The van der Waals surface area contributed by atoms with Crippen LogP contribution in [-0.2, 0) is 4.74 Å². The Morgan fingerprint density at radius 1 is 1.27 bits per heavy atom. The number of anilines is 1. The Bertz CT molecular complexity index is 813. The predicted octanol–water partition coefficient (Wildman–Crippen LogP) is 3.20. The van der Waals surface area contributed by atoms with Crippen LogP contribution in [0.25, 0.3) is 0 Å². The van der Waals surface area contributed by atoms with Gasteiger partial charge in [0.05, 0.1) is 6.61 Å². The van der Waals surface area contributed by atoms with Crippen molar-refractivity contribution in [2.45, 2.75) is 18.4 Å². The zero-order valence-corrected chi connectivity index (χ0v) is 15.5. The molecule has 2 aromatic rings. The molecule has 2 aliphatic rings. The Morgan fingerprint density at radius 3 is 2.92 bits per heavy atom. The van der Waals surface area contributed by atoms with Crippen LogP contribution < -0.4 is 4.90 Å². The van der Waals surface area contributed by atoms with Gasteiger partial charge >= 0.3 is 0 Å². The maximum absolute atomic E-state index is 12.9. The number of aromatic nitrogens is 1. The summed E-state index contributed by atoms with van der Waals surface area (Å²) in [5.74, 6) is 0.277. The maximum Gasteiger partial charge on any atom is 0.272 e. The molecule has 0 radical (unpaired) electrons. The van der Waals surface area contributed by atoms with Crippen LogP contribution in [0.2, 0.25) is 5.15 Å². The van der Waals surface area contributed by atoms with Gasteiger partial charge in [0.1, 0.15) is 10.8 Å². The summed E-state index contributed by atoms with van der Waals surface area (Å²) in [6.07, 6.45) is 0.940. The van der Waals surface area contributed by atoms with E-state index in [9.17, 15) is 4.79 Å². The van der Waals surface area contributed by atoms with Crippen LogP contribution in [0.4, 0.5) is 5.69 Å². The van der Waals surface area contributed by atoms with Crippen molar-refractivity contribution in [2.75, 3.05) is 38.3 Å². The summed E-state index contributed by atoms with van der Waals surface area (Å²) in [7, 11) is 1.73. The quantitative estimate of drug-likeness (QED) is 0.774. The Labute approximate surface area is 158 Å². The monoisotopic (exact) mass is 371 g/mol. The molecule has 2 atom stereocenters. The molecular weight excluding hydrogens is 350 g/mol. The van der Waals surface area contributed by atoms with Crippen molar-refractivity contribution in [3.05, 3.63) is 58.9 Å². The van der Waals surface area contributed by atoms with Gasteiger partial charge in [-0.1, -0.05) is 35.9 Å². The van der Waals surface area contributed by atoms with Crippen LogP contribution in [0.5, 0.6) is 0 Å². The van der Waals surface area contributed by atoms with Gasteiger partial charge in [0, 0.05) is 44.4 Å². The predicted molar refractivity (Wildman–Crippen MR) is 102 cm³/mol. The number of benzene rings is 1. The molecule has 5 nitrogen and oxygen atoms in total. The Balaban J connectivity index is 1.57. The third kappa shape index (κ3) is 3.06. The fraction of sp³-hybridized carbons (Fsp3) is 0.400. The molecule has 0 aliphatic carbocycles. The van der Waals surface area contributed by atoms with E-state index in [2.05, 4.69) is 34.1 Å². The second-order valence-electron chi connectivity index (χ2n) is 6.80. The molecule has 0 bridgehead atoms. The van der Waals surface area contributed by atoms with E-state index in [-0.39, 0.29) is 5.91 Å². The number of para-hydroxylation sites is 1. The number of hydrogen-bond acceptors (Lipinski definition) is 4. The lowest BCUT2D eigenvalue weighted by Crippen LogP contribution is -2.49. The number of nitrogens with zero attached hydrogens (tertiary/aromatic N) is 3. The van der Waals surface area contributed by atoms with Crippen molar-refractivity contribution in [1.29, 1.82) is 0 Å². The zero-order valence-electron chi connectivity index (χ0n) is 14.8. The van der Waals surface area contributed by atoms with Gasteiger partial charge < -0.3 is 14.5 Å². The number of piperidine rings is 1. The molecule has 1 aromatic carbocycles. The van der Waals surface area contributed by atoms with Gasteiger partial charge in [-0.25, -0.2) is 4.98 Å². The summed E-state index contributed by atoms with van der Waals surface area (Å²) >= 11 is 5.95. The Kier molecular flexibility index (Phi) is 4.83. The number of rotatable bonds is 4. The fourth-order valence-electron chi connectivity index (χ4n) is 4.21. The Morgan fingerprint density at radius 2 is 2.12 bits per heavy atom. The van der Waals surface area contributed by atoms with E-state index >= 15 is 0 Å². The lowest BCUT2D eigenvalue weighted by Gasteiger charge is -2.38. The summed E-state index contributed by atoms with van der Waals surface area (Å²) in [6.45, 7) is 3.01. The molecule has 4 rings (SSSR count). The van der Waals surface area contributed by atoms with Crippen molar-refractivity contribution in [2.24, 2.45) is 0 Å². The van der Waals surface area contributed by atoms with E-state index in [1.807, 2.05) is 4.90 Å². The smallest absolute Gasteiger partial charge is 0.272 e. The van der Waals surface area contributed by atoms with Crippen molar-refractivity contribution >= 4 is 23.2 Å². The van der Waals surface area contributed by atoms with Gasteiger partial charge in [-0.05, 0) is 30.2 Å². The SMILES string of the molecule is COCCN1c2ccccc2[C@@H]2CN(C(=O)c3cccc(Cl)n3)CC[C@@H]21. The average molecular weight is 372 g/mol. The minimum Gasteiger partial charge on any atom is -0.383 e. The minimum atomic E-state index is -0.0428. The summed E-state index contributed by atoms with van der Waals surface area (Å²) in [5, 5.41) is 0.350. The van der Waals surface area contributed by atoms with E-state index in [1.54, 1.807) is 25.3 Å². The van der Waals surface area contributed by atoms with Crippen molar-refractivity contribution in [3.63, 3.8) is 0 Å². The first-order chi connectivity index (χ1) is 12.7. The first kappa shape index (κ1) is 17.3. The Hall–Kier alpha value is -2.11. The number of methoxy groups -OCH3 is 1. The molecule has 1 fully saturated rings. The molecule has 0 N–H and O–H groups in total. The van der Waals surface area contributed by atoms with Crippen molar-refractivity contribution in [1.82, 2.24) is 9.88 Å². The second kappa shape index (κ2) is 7.25. The standard InChI is InChI=1S/C20H22ClN3O2/c1-26-12-11-24-17-7-3-2-5-14(17)15-13-23(10-9-18(15)24)20(25)16-6-4-8-19(21)22-16/h2-8,15,18H,9-13H2,1H3/t15-,18-/m0/s1. The molecular formula is C20H22ClN3O2. The average Bonchev–Trinajstić information content (AvgIpc) is 2.99. The number of halogens is 1. The van der Waals surface area contributed by atoms with E-state index < -0.39 is 0 Å². The second-order valence-corrected chi connectivity index (χ2v) is 7.19. The topological polar surface area (TPSA) is 45.7 Å². The molecule has 1 aromatic heterocycles. The van der Waals surface area contributed by atoms with E-state index in [4.69, 9.17) is 16.3 Å².